The van der Waals surface area contributed by atoms with E-state index >= 15 is 0 Å². The van der Waals surface area contributed by atoms with Crippen molar-refractivity contribution < 1.29 is 15.0 Å². The predicted molar refractivity (Wildman–Crippen MR) is 82.0 cm³/mol. The van der Waals surface area contributed by atoms with Crippen LogP contribution in [-0.2, 0) is 4.79 Å². The molecule has 1 aromatic carbocycles. The number of rotatable bonds is 7. The molecule has 0 unspecified atom stereocenters. The SMILES string of the molecule is Cc1ccc(SCCC(=O)NC(C)(CO)CO)cc1C. The fourth-order valence-electron chi connectivity index (χ4n) is 1.59. The Labute approximate surface area is 124 Å². The van der Waals surface area contributed by atoms with Gasteiger partial charge in [-0.25, -0.2) is 0 Å². The number of carbonyl (C=O) groups excluding carboxylic acids is 1. The summed E-state index contributed by atoms with van der Waals surface area (Å²) in [6.45, 7) is 5.20. The second kappa shape index (κ2) is 7.67. The van der Waals surface area contributed by atoms with Crippen molar-refractivity contribution in [1.82, 2.24) is 5.32 Å². The molecule has 0 radical (unpaired) electrons. The van der Waals surface area contributed by atoms with Crippen LogP contribution in [-0.4, -0.2) is 40.6 Å². The van der Waals surface area contributed by atoms with Gasteiger partial charge in [0.15, 0.2) is 0 Å². The summed E-state index contributed by atoms with van der Waals surface area (Å²) in [6, 6.07) is 6.24. The van der Waals surface area contributed by atoms with Gasteiger partial charge in [0.05, 0.1) is 18.8 Å². The molecule has 1 aromatic rings. The maximum absolute atomic E-state index is 11.7. The van der Waals surface area contributed by atoms with Crippen LogP contribution in [0.2, 0.25) is 0 Å². The lowest BCUT2D eigenvalue weighted by Crippen LogP contribution is -2.51. The van der Waals surface area contributed by atoms with E-state index in [1.165, 1.54) is 11.1 Å². The minimum absolute atomic E-state index is 0.160. The standard InChI is InChI=1S/C15H23NO3S/c1-11-4-5-13(8-12(11)2)20-7-6-14(19)16-15(3,9-17)10-18/h4-5,8,17-18H,6-7,9-10H2,1-3H3,(H,16,19). The zero-order valence-electron chi connectivity index (χ0n) is 12.3. The third-order valence-electron chi connectivity index (χ3n) is 3.22. The van der Waals surface area contributed by atoms with Gasteiger partial charge < -0.3 is 15.5 Å². The summed E-state index contributed by atoms with van der Waals surface area (Å²) in [5.74, 6) is 0.508. The molecule has 1 rings (SSSR count). The molecule has 0 aliphatic rings. The van der Waals surface area contributed by atoms with Crippen LogP contribution in [0.1, 0.15) is 24.5 Å². The van der Waals surface area contributed by atoms with Crippen LogP contribution in [0.5, 0.6) is 0 Å². The number of hydrogen-bond donors (Lipinski definition) is 3. The van der Waals surface area contributed by atoms with Crippen LogP contribution in [0.4, 0.5) is 0 Å². The lowest BCUT2D eigenvalue weighted by atomic mass is 10.1. The average Bonchev–Trinajstić information content (AvgIpc) is 2.42. The molecule has 0 spiro atoms. The number of carbonyl (C=O) groups is 1. The van der Waals surface area contributed by atoms with E-state index < -0.39 is 5.54 Å². The summed E-state index contributed by atoms with van der Waals surface area (Å²) in [6.07, 6.45) is 0.354. The number of nitrogens with one attached hydrogen (secondary N) is 1. The van der Waals surface area contributed by atoms with Gasteiger partial charge in [-0.2, -0.15) is 0 Å². The molecule has 0 aliphatic carbocycles. The van der Waals surface area contributed by atoms with Crippen molar-refractivity contribution in [3.63, 3.8) is 0 Å². The fourth-order valence-corrected chi connectivity index (χ4v) is 2.54. The lowest BCUT2D eigenvalue weighted by Gasteiger charge is -2.26. The topological polar surface area (TPSA) is 69.6 Å². The Balaban J connectivity index is 2.40. The number of thioether (sulfide) groups is 1. The van der Waals surface area contributed by atoms with Crippen molar-refractivity contribution in [1.29, 1.82) is 0 Å². The monoisotopic (exact) mass is 297 g/mol. The zero-order chi connectivity index (χ0) is 15.2. The van der Waals surface area contributed by atoms with Crippen molar-refractivity contribution in [2.45, 2.75) is 37.6 Å². The van der Waals surface area contributed by atoms with Crippen LogP contribution in [0.25, 0.3) is 0 Å². The smallest absolute Gasteiger partial charge is 0.221 e. The second-order valence-corrected chi connectivity index (χ2v) is 6.44. The van der Waals surface area contributed by atoms with E-state index in [-0.39, 0.29) is 19.1 Å². The van der Waals surface area contributed by atoms with Gasteiger partial charge in [0.2, 0.25) is 5.91 Å². The summed E-state index contributed by atoms with van der Waals surface area (Å²) in [5.41, 5.74) is 1.56. The first-order valence-corrected chi connectivity index (χ1v) is 7.61. The Morgan fingerprint density at radius 2 is 1.90 bits per heavy atom. The van der Waals surface area contributed by atoms with Crippen LogP contribution < -0.4 is 5.32 Å². The minimum Gasteiger partial charge on any atom is -0.394 e. The quantitative estimate of drug-likeness (QED) is 0.669. The molecule has 0 fully saturated rings. The summed E-state index contributed by atoms with van der Waals surface area (Å²) < 4.78 is 0. The molecule has 3 N–H and O–H groups in total. The molecule has 112 valence electrons. The maximum atomic E-state index is 11.7. The molecule has 0 bridgehead atoms. The molecule has 1 amide bonds. The largest absolute Gasteiger partial charge is 0.394 e. The molecule has 4 nitrogen and oxygen atoms in total. The van der Waals surface area contributed by atoms with Gasteiger partial charge in [0.1, 0.15) is 0 Å². The van der Waals surface area contributed by atoms with Crippen molar-refractivity contribution >= 4 is 17.7 Å². The Bertz CT molecular complexity index is 458. The Morgan fingerprint density at radius 3 is 2.45 bits per heavy atom. The van der Waals surface area contributed by atoms with E-state index in [9.17, 15) is 4.79 Å². The summed E-state index contributed by atoms with van der Waals surface area (Å²) >= 11 is 1.63. The van der Waals surface area contributed by atoms with Gasteiger partial charge in [-0.1, -0.05) is 6.07 Å². The molecule has 0 aromatic heterocycles. The summed E-state index contributed by atoms with van der Waals surface area (Å²) in [4.78, 5) is 12.9. The molecule has 0 atom stereocenters. The Morgan fingerprint density at radius 1 is 1.25 bits per heavy atom. The highest BCUT2D eigenvalue weighted by Gasteiger charge is 2.24. The highest BCUT2D eigenvalue weighted by Crippen LogP contribution is 2.21. The molecule has 0 heterocycles. The van der Waals surface area contributed by atoms with E-state index in [1.807, 2.05) is 0 Å². The first-order chi connectivity index (χ1) is 9.40. The van der Waals surface area contributed by atoms with Crippen molar-refractivity contribution in [3.05, 3.63) is 29.3 Å². The molecule has 0 saturated heterocycles. The predicted octanol–water partition coefficient (Wildman–Crippen LogP) is 1.65. The van der Waals surface area contributed by atoms with Crippen LogP contribution in [0.15, 0.2) is 23.1 Å². The van der Waals surface area contributed by atoms with Gasteiger partial charge in [-0.15, -0.1) is 11.8 Å². The summed E-state index contributed by atoms with van der Waals surface area (Å²) in [7, 11) is 0. The van der Waals surface area contributed by atoms with Gasteiger partial charge in [-0.05, 0) is 44.0 Å². The van der Waals surface area contributed by atoms with E-state index in [0.717, 1.165) is 4.90 Å². The minimum atomic E-state index is -0.942. The van der Waals surface area contributed by atoms with Crippen LogP contribution in [0.3, 0.4) is 0 Å². The Kier molecular flexibility index (Phi) is 6.52. The molecule has 20 heavy (non-hydrogen) atoms. The third kappa shape index (κ3) is 5.15. The van der Waals surface area contributed by atoms with Crippen molar-refractivity contribution in [2.75, 3.05) is 19.0 Å². The van der Waals surface area contributed by atoms with E-state index in [4.69, 9.17) is 10.2 Å². The first kappa shape index (κ1) is 17.0. The molecular formula is C15H23NO3S. The third-order valence-corrected chi connectivity index (χ3v) is 4.21. The van der Waals surface area contributed by atoms with Gasteiger partial charge in [-0.3, -0.25) is 4.79 Å². The normalized spacial score (nSPS) is 11.4. The molecular weight excluding hydrogens is 274 g/mol. The van der Waals surface area contributed by atoms with Gasteiger partial charge in [0.25, 0.3) is 0 Å². The van der Waals surface area contributed by atoms with Crippen molar-refractivity contribution in [2.24, 2.45) is 0 Å². The lowest BCUT2D eigenvalue weighted by molar-refractivity contribution is -0.123. The molecule has 0 aliphatic heterocycles. The fraction of sp³-hybridized carbons (Fsp3) is 0.533. The maximum Gasteiger partial charge on any atom is 0.221 e. The zero-order valence-corrected chi connectivity index (χ0v) is 13.1. The van der Waals surface area contributed by atoms with E-state index in [2.05, 4.69) is 37.4 Å². The number of aliphatic hydroxyl groups excluding tert-OH is 2. The number of benzene rings is 1. The molecule has 5 heteroatoms. The van der Waals surface area contributed by atoms with E-state index in [1.54, 1.807) is 18.7 Å². The first-order valence-electron chi connectivity index (χ1n) is 6.63. The number of hydrogen-bond acceptors (Lipinski definition) is 4. The van der Waals surface area contributed by atoms with Gasteiger partial charge >= 0.3 is 0 Å². The highest BCUT2D eigenvalue weighted by molar-refractivity contribution is 7.99. The number of aliphatic hydroxyl groups is 2. The van der Waals surface area contributed by atoms with Crippen molar-refractivity contribution in [3.8, 4) is 0 Å². The van der Waals surface area contributed by atoms with Crippen LogP contribution in [0, 0.1) is 13.8 Å². The van der Waals surface area contributed by atoms with E-state index in [0.29, 0.717) is 12.2 Å². The second-order valence-electron chi connectivity index (χ2n) is 5.27. The number of aryl methyl sites for hydroxylation is 2. The Hall–Kier alpha value is -1.04. The summed E-state index contributed by atoms with van der Waals surface area (Å²) in [5, 5.41) is 20.9. The molecule has 0 saturated carbocycles. The van der Waals surface area contributed by atoms with Gasteiger partial charge in [0, 0.05) is 17.1 Å². The highest BCUT2D eigenvalue weighted by atomic mass is 32.2. The number of amides is 1. The van der Waals surface area contributed by atoms with Crippen LogP contribution >= 0.6 is 11.8 Å². The average molecular weight is 297 g/mol.